The minimum Gasteiger partial charge on any atom is -0.504 e. The van der Waals surface area contributed by atoms with E-state index in [4.69, 9.17) is 20.6 Å². The zero-order valence-corrected chi connectivity index (χ0v) is 23.8. The van der Waals surface area contributed by atoms with Crippen LogP contribution in [0.3, 0.4) is 0 Å². The van der Waals surface area contributed by atoms with Crippen molar-refractivity contribution < 1.29 is 41.7 Å². The highest BCUT2D eigenvalue weighted by molar-refractivity contribution is 7.91. The van der Waals surface area contributed by atoms with E-state index in [-0.39, 0.29) is 44.9 Å². The fraction of sp³-hybridized carbons (Fsp3) is 0.148. The molecule has 0 saturated carbocycles. The first-order valence-electron chi connectivity index (χ1n) is 12.6. The zero-order valence-electron chi connectivity index (χ0n) is 22.9. The lowest BCUT2D eigenvalue weighted by atomic mass is 10.1. The number of carboxylic acids is 1. The van der Waals surface area contributed by atoms with E-state index < -0.39 is 50.0 Å². The van der Waals surface area contributed by atoms with E-state index in [1.807, 2.05) is 0 Å². The number of phenols is 1. The van der Waals surface area contributed by atoms with Gasteiger partial charge in [-0.25, -0.2) is 27.6 Å². The molecule has 2 aromatic carbocycles. The van der Waals surface area contributed by atoms with Gasteiger partial charge < -0.3 is 34.9 Å². The first kappa shape index (κ1) is 29.9. The average Bonchev–Trinajstić information content (AvgIpc) is 3.59. The number of pyridine rings is 1. The summed E-state index contributed by atoms with van der Waals surface area (Å²) in [5.41, 5.74) is 5.32. The molecule has 3 heterocycles. The molecule has 4 aromatic rings. The lowest BCUT2D eigenvalue weighted by Gasteiger charge is -2.19. The largest absolute Gasteiger partial charge is 0.504 e. The smallest absolute Gasteiger partial charge is 0.354 e. The van der Waals surface area contributed by atoms with E-state index in [1.165, 1.54) is 31.3 Å². The van der Waals surface area contributed by atoms with Crippen LogP contribution in [0.25, 0.3) is 0 Å². The minimum absolute atomic E-state index is 0.0589. The quantitative estimate of drug-likeness (QED) is 0.157. The molecule has 0 amide bonds. The van der Waals surface area contributed by atoms with Gasteiger partial charge in [-0.2, -0.15) is 4.39 Å². The van der Waals surface area contributed by atoms with Gasteiger partial charge in [-0.15, -0.1) is 0 Å². The number of nitrogens with zero attached hydrogens (tertiary/aromatic N) is 5. The molecule has 44 heavy (non-hydrogen) atoms. The van der Waals surface area contributed by atoms with E-state index in [0.29, 0.717) is 19.3 Å². The number of imidazole rings is 1. The molecular formula is C27H23F2N7O7S. The third kappa shape index (κ3) is 5.35. The van der Waals surface area contributed by atoms with E-state index >= 15 is 4.39 Å². The molecule has 17 heteroatoms. The summed E-state index contributed by atoms with van der Waals surface area (Å²) in [4.78, 5) is 24.5. The van der Waals surface area contributed by atoms with Gasteiger partial charge >= 0.3 is 5.97 Å². The van der Waals surface area contributed by atoms with Crippen LogP contribution >= 0.6 is 0 Å². The van der Waals surface area contributed by atoms with Gasteiger partial charge in [0.2, 0.25) is 26.6 Å². The highest BCUT2D eigenvalue weighted by Gasteiger charge is 2.30. The van der Waals surface area contributed by atoms with Gasteiger partial charge in [-0.1, -0.05) is 0 Å². The molecule has 1 aliphatic rings. The molecule has 0 radical (unpaired) electrons. The molecule has 14 nitrogen and oxygen atoms in total. The van der Waals surface area contributed by atoms with Crippen molar-refractivity contribution in [3.8, 4) is 28.9 Å². The van der Waals surface area contributed by atoms with Crippen molar-refractivity contribution in [1.82, 2.24) is 19.4 Å². The summed E-state index contributed by atoms with van der Waals surface area (Å²) in [6, 6.07) is 7.12. The molecule has 5 rings (SSSR count). The molecule has 2 aromatic heterocycles. The van der Waals surface area contributed by atoms with Crippen LogP contribution in [0.4, 0.5) is 8.78 Å². The van der Waals surface area contributed by atoms with Crippen LogP contribution in [0.2, 0.25) is 0 Å². The van der Waals surface area contributed by atoms with Crippen molar-refractivity contribution in [2.45, 2.75) is 10.1 Å². The van der Waals surface area contributed by atoms with Crippen molar-refractivity contribution in [3.05, 3.63) is 77.2 Å². The van der Waals surface area contributed by atoms with Gasteiger partial charge in [0, 0.05) is 26.2 Å². The van der Waals surface area contributed by atoms with Crippen molar-refractivity contribution in [3.63, 3.8) is 0 Å². The third-order valence-electron chi connectivity index (χ3n) is 6.55. The maximum Gasteiger partial charge on any atom is 0.354 e. The summed E-state index contributed by atoms with van der Waals surface area (Å²) in [6.45, 7) is 0.814. The van der Waals surface area contributed by atoms with Crippen molar-refractivity contribution in [2.75, 3.05) is 20.1 Å². The Balaban J connectivity index is 1.57. The molecule has 0 aliphatic carbocycles. The van der Waals surface area contributed by atoms with Gasteiger partial charge in [-0.3, -0.25) is 10.4 Å². The molecule has 0 fully saturated rings. The SMILES string of the molecule is CN1CCN=C1c1cc(S(=O)(=O)c2ncc(C(=O)O)n2C)ccc1Oc1c(F)cnc(Oc2cc(C(=N)N)ccc2O)c1F. The topological polar surface area (TPSA) is 206 Å². The van der Waals surface area contributed by atoms with E-state index in [1.54, 1.807) is 11.9 Å². The van der Waals surface area contributed by atoms with Gasteiger partial charge in [-0.05, 0) is 36.4 Å². The van der Waals surface area contributed by atoms with Gasteiger partial charge in [0.15, 0.2) is 17.3 Å². The predicted octanol–water partition coefficient (Wildman–Crippen LogP) is 2.89. The third-order valence-corrected chi connectivity index (χ3v) is 8.29. The number of aromatic hydroxyl groups is 1. The zero-order chi connectivity index (χ0) is 31.9. The van der Waals surface area contributed by atoms with Crippen LogP contribution in [-0.4, -0.2) is 75.8 Å². The molecule has 0 bridgehead atoms. The lowest BCUT2D eigenvalue weighted by molar-refractivity contribution is 0.0685. The van der Waals surface area contributed by atoms with Gasteiger partial charge in [0.25, 0.3) is 5.88 Å². The highest BCUT2D eigenvalue weighted by atomic mass is 32.2. The second-order valence-corrected chi connectivity index (χ2v) is 11.3. The van der Waals surface area contributed by atoms with Crippen LogP contribution in [0.15, 0.2) is 63.8 Å². The number of likely N-dealkylation sites (N-methyl/N-ethyl adjacent to an activating group) is 1. The Morgan fingerprint density at radius 3 is 2.45 bits per heavy atom. The molecule has 228 valence electrons. The Hall–Kier alpha value is -5.58. The maximum absolute atomic E-state index is 15.6. The summed E-state index contributed by atoms with van der Waals surface area (Å²) in [7, 11) is -1.47. The number of benzene rings is 2. The Morgan fingerprint density at radius 1 is 1.07 bits per heavy atom. The van der Waals surface area contributed by atoms with Crippen LogP contribution in [0.5, 0.6) is 28.9 Å². The lowest BCUT2D eigenvalue weighted by Crippen LogP contribution is -2.24. The van der Waals surface area contributed by atoms with Crippen LogP contribution in [0, 0.1) is 17.0 Å². The number of nitrogens with two attached hydrogens (primary N) is 1. The first-order chi connectivity index (χ1) is 20.8. The number of hydrogen-bond donors (Lipinski definition) is 4. The molecule has 0 unspecified atom stereocenters. The number of phenolic OH excluding ortho intramolecular Hbond substituents is 1. The number of aromatic nitrogens is 3. The standard InChI is InChI=1S/C27H23F2N7O7S/c1-35-8-7-32-24(35)15-10-14(44(40,41)27-34-12-17(26(38)39)36(27)2)4-6-19(15)42-22-16(28)11-33-25(21(22)29)43-20-9-13(23(30)31)3-5-18(20)37/h3-6,9-12,37H,7-8H2,1-2H3,(H3,30,31)(H,38,39). The van der Waals surface area contributed by atoms with Crippen molar-refractivity contribution in [2.24, 2.45) is 17.8 Å². The number of halogens is 2. The van der Waals surface area contributed by atoms with Gasteiger partial charge in [0.1, 0.15) is 23.1 Å². The number of sulfone groups is 1. The Kier molecular flexibility index (Phi) is 7.64. The van der Waals surface area contributed by atoms with E-state index in [0.717, 1.165) is 22.9 Å². The molecule has 0 saturated heterocycles. The molecular weight excluding hydrogens is 604 g/mol. The molecule has 0 spiro atoms. The minimum atomic E-state index is -4.38. The Bertz CT molecular complexity index is 1980. The number of carboxylic acid groups (broad SMARTS) is 1. The van der Waals surface area contributed by atoms with Gasteiger partial charge in [0.05, 0.1) is 29.4 Å². The summed E-state index contributed by atoms with van der Waals surface area (Å²) in [5, 5.41) is 26.5. The Morgan fingerprint density at radius 2 is 1.82 bits per heavy atom. The Labute approximate surface area is 248 Å². The van der Waals surface area contributed by atoms with Crippen LogP contribution in [0.1, 0.15) is 21.6 Å². The first-order valence-corrected chi connectivity index (χ1v) is 14.0. The number of amidine groups is 2. The highest BCUT2D eigenvalue weighted by Crippen LogP contribution is 2.38. The molecule has 0 atom stereocenters. The summed E-state index contributed by atoms with van der Waals surface area (Å²) in [5.74, 6) is -6.76. The molecule has 5 N–H and O–H groups in total. The average molecular weight is 628 g/mol. The summed E-state index contributed by atoms with van der Waals surface area (Å²) < 4.78 is 69.4. The summed E-state index contributed by atoms with van der Waals surface area (Å²) in [6.07, 6.45) is 1.53. The fourth-order valence-electron chi connectivity index (χ4n) is 4.28. The van der Waals surface area contributed by atoms with Crippen molar-refractivity contribution in [1.29, 1.82) is 5.41 Å². The van der Waals surface area contributed by atoms with Crippen molar-refractivity contribution >= 4 is 27.5 Å². The number of rotatable bonds is 9. The van der Waals surface area contributed by atoms with E-state index in [9.17, 15) is 27.8 Å². The monoisotopic (exact) mass is 627 g/mol. The second-order valence-electron chi connectivity index (χ2n) is 9.43. The number of carbonyl (C=O) groups is 1. The normalized spacial score (nSPS) is 13.1. The predicted molar refractivity (Wildman–Crippen MR) is 150 cm³/mol. The number of ether oxygens (including phenoxy) is 2. The maximum atomic E-state index is 15.6. The van der Waals surface area contributed by atoms with Crippen LogP contribution < -0.4 is 15.2 Å². The fourth-order valence-corrected chi connectivity index (χ4v) is 5.67. The number of nitrogens with one attached hydrogen (secondary N) is 1. The molecule has 1 aliphatic heterocycles. The summed E-state index contributed by atoms with van der Waals surface area (Å²) >= 11 is 0. The second kappa shape index (κ2) is 11.3. The van der Waals surface area contributed by atoms with Crippen LogP contribution in [-0.2, 0) is 16.9 Å². The number of aliphatic imine (C=N–C) groups is 1. The number of nitrogen functional groups attached to an aromatic ring is 1. The number of aromatic carboxylic acids is 1. The number of hydrogen-bond acceptors (Lipinski definition) is 11. The van der Waals surface area contributed by atoms with E-state index in [2.05, 4.69) is 15.0 Å².